The maximum absolute atomic E-state index is 10.8. The number of nitrogens with one attached hydrogen (secondary N) is 1. The van der Waals surface area contributed by atoms with Gasteiger partial charge in [-0.1, -0.05) is 5.10 Å². The lowest BCUT2D eigenvalue weighted by Gasteiger charge is -2.10. The van der Waals surface area contributed by atoms with Gasteiger partial charge in [-0.25, -0.2) is 0 Å². The highest BCUT2D eigenvalue weighted by Crippen LogP contribution is 2.05. The first-order valence-electron chi connectivity index (χ1n) is 3.85. The van der Waals surface area contributed by atoms with Gasteiger partial charge in [-0.2, -0.15) is 0 Å². The van der Waals surface area contributed by atoms with E-state index in [4.69, 9.17) is 4.42 Å². The predicted molar refractivity (Wildman–Crippen MR) is 46.0 cm³/mol. The number of carbonyl (C=O) groups is 1. The molecule has 13 heavy (non-hydrogen) atoms. The van der Waals surface area contributed by atoms with Crippen molar-refractivity contribution in [3.05, 3.63) is 5.89 Å². The Labute approximate surface area is 75.9 Å². The summed E-state index contributed by atoms with van der Waals surface area (Å²) >= 11 is 0. The quantitative estimate of drug-likeness (QED) is 0.720. The molecule has 1 rings (SSSR count). The fraction of sp³-hybridized carbons (Fsp3) is 0.571. The molecule has 0 radical (unpaired) electrons. The molecule has 0 saturated heterocycles. The van der Waals surface area contributed by atoms with E-state index in [2.05, 4.69) is 15.5 Å². The Balaban J connectivity index is 2.58. The third-order valence-electron chi connectivity index (χ3n) is 1.59. The molecule has 0 spiro atoms. The standard InChI is InChI=1S/C7H12N4O2/c1-5(12)11(3)4-6-9-10-7(8-2)13-6/h4H2,1-3H3,(H,8,10). The lowest BCUT2D eigenvalue weighted by molar-refractivity contribution is -0.128. The van der Waals surface area contributed by atoms with E-state index in [1.165, 1.54) is 11.8 Å². The molecule has 0 saturated carbocycles. The first-order chi connectivity index (χ1) is 6.13. The SMILES string of the molecule is CNc1nnc(CN(C)C(C)=O)o1. The molecule has 0 aliphatic rings. The van der Waals surface area contributed by atoms with Crippen LogP contribution in [0, 0.1) is 0 Å². The van der Waals surface area contributed by atoms with Crippen molar-refractivity contribution in [3.63, 3.8) is 0 Å². The van der Waals surface area contributed by atoms with Crippen LogP contribution in [0.3, 0.4) is 0 Å². The second kappa shape index (κ2) is 3.88. The topological polar surface area (TPSA) is 71.3 Å². The lowest BCUT2D eigenvalue weighted by atomic mass is 10.5. The van der Waals surface area contributed by atoms with Crippen molar-refractivity contribution >= 4 is 11.9 Å². The Morgan fingerprint density at radius 3 is 2.77 bits per heavy atom. The second-order valence-corrected chi connectivity index (χ2v) is 2.63. The zero-order valence-corrected chi connectivity index (χ0v) is 7.87. The van der Waals surface area contributed by atoms with Gasteiger partial charge in [0.1, 0.15) is 0 Å². The highest BCUT2D eigenvalue weighted by Gasteiger charge is 2.09. The Bertz CT molecular complexity index is 296. The molecule has 1 aromatic heterocycles. The van der Waals surface area contributed by atoms with Crippen molar-refractivity contribution < 1.29 is 9.21 Å². The average molecular weight is 184 g/mol. The third-order valence-corrected chi connectivity index (χ3v) is 1.59. The molecule has 1 N–H and O–H groups in total. The Morgan fingerprint density at radius 1 is 1.62 bits per heavy atom. The molecule has 0 aliphatic carbocycles. The zero-order chi connectivity index (χ0) is 9.84. The minimum Gasteiger partial charge on any atom is -0.406 e. The minimum absolute atomic E-state index is 0.0378. The summed E-state index contributed by atoms with van der Waals surface area (Å²) < 4.78 is 5.13. The maximum atomic E-state index is 10.8. The number of nitrogens with zero attached hydrogens (tertiary/aromatic N) is 3. The van der Waals surface area contributed by atoms with Gasteiger partial charge in [0, 0.05) is 21.0 Å². The van der Waals surface area contributed by atoms with Crippen molar-refractivity contribution in [3.8, 4) is 0 Å². The van der Waals surface area contributed by atoms with Crippen molar-refractivity contribution in [2.75, 3.05) is 19.4 Å². The number of anilines is 1. The van der Waals surface area contributed by atoms with E-state index in [-0.39, 0.29) is 5.91 Å². The number of aromatic nitrogens is 2. The molecule has 0 fully saturated rings. The highest BCUT2D eigenvalue weighted by atomic mass is 16.4. The van der Waals surface area contributed by atoms with E-state index in [0.29, 0.717) is 18.5 Å². The van der Waals surface area contributed by atoms with Crippen molar-refractivity contribution in [1.29, 1.82) is 0 Å². The lowest BCUT2D eigenvalue weighted by Crippen LogP contribution is -2.23. The van der Waals surface area contributed by atoms with Crippen LogP contribution in [-0.4, -0.2) is 35.1 Å². The summed E-state index contributed by atoms with van der Waals surface area (Å²) in [6.45, 7) is 1.82. The van der Waals surface area contributed by atoms with E-state index in [1.807, 2.05) is 0 Å². The van der Waals surface area contributed by atoms with Crippen LogP contribution >= 0.6 is 0 Å². The van der Waals surface area contributed by atoms with Crippen LogP contribution in [0.15, 0.2) is 4.42 Å². The Kier molecular flexibility index (Phi) is 2.84. The van der Waals surface area contributed by atoms with Gasteiger partial charge in [-0.15, -0.1) is 5.10 Å². The van der Waals surface area contributed by atoms with E-state index < -0.39 is 0 Å². The monoisotopic (exact) mass is 184 g/mol. The van der Waals surface area contributed by atoms with Crippen LogP contribution in [0.25, 0.3) is 0 Å². The molecule has 0 aliphatic heterocycles. The van der Waals surface area contributed by atoms with Gasteiger partial charge in [0.05, 0.1) is 6.54 Å². The fourth-order valence-corrected chi connectivity index (χ4v) is 0.733. The number of carbonyl (C=O) groups excluding carboxylic acids is 1. The molecule has 6 nitrogen and oxygen atoms in total. The Morgan fingerprint density at radius 2 is 2.31 bits per heavy atom. The number of hydrogen-bond acceptors (Lipinski definition) is 5. The van der Waals surface area contributed by atoms with E-state index in [9.17, 15) is 4.79 Å². The maximum Gasteiger partial charge on any atom is 0.315 e. The second-order valence-electron chi connectivity index (χ2n) is 2.63. The van der Waals surface area contributed by atoms with Crippen molar-refractivity contribution in [1.82, 2.24) is 15.1 Å². The zero-order valence-electron chi connectivity index (χ0n) is 7.87. The fourth-order valence-electron chi connectivity index (χ4n) is 0.733. The Hall–Kier alpha value is -1.59. The van der Waals surface area contributed by atoms with Gasteiger partial charge in [-0.3, -0.25) is 4.79 Å². The summed E-state index contributed by atoms with van der Waals surface area (Å²) in [5.74, 6) is 0.381. The van der Waals surface area contributed by atoms with Crippen molar-refractivity contribution in [2.45, 2.75) is 13.5 Å². The van der Waals surface area contributed by atoms with Crippen LogP contribution in [0.1, 0.15) is 12.8 Å². The summed E-state index contributed by atoms with van der Waals surface area (Å²) in [6.07, 6.45) is 0. The molecule has 0 unspecified atom stereocenters. The number of hydrogen-bond donors (Lipinski definition) is 1. The van der Waals surface area contributed by atoms with Crippen LogP contribution < -0.4 is 5.32 Å². The van der Waals surface area contributed by atoms with E-state index in [1.54, 1.807) is 14.1 Å². The first kappa shape index (κ1) is 9.50. The summed E-state index contributed by atoms with van der Waals surface area (Å²) in [6, 6.07) is 0.354. The molecular formula is C7H12N4O2. The molecule has 72 valence electrons. The molecular weight excluding hydrogens is 172 g/mol. The summed E-state index contributed by atoms with van der Waals surface area (Å²) in [5.41, 5.74) is 0. The van der Waals surface area contributed by atoms with Gasteiger partial charge >= 0.3 is 6.01 Å². The minimum atomic E-state index is -0.0378. The molecule has 1 amide bonds. The molecule has 1 aromatic rings. The van der Waals surface area contributed by atoms with E-state index >= 15 is 0 Å². The smallest absolute Gasteiger partial charge is 0.315 e. The molecule has 0 atom stereocenters. The van der Waals surface area contributed by atoms with Gasteiger partial charge in [-0.05, 0) is 0 Å². The summed E-state index contributed by atoms with van der Waals surface area (Å²) in [7, 11) is 3.36. The van der Waals surface area contributed by atoms with Crippen LogP contribution in [0.5, 0.6) is 0 Å². The molecule has 0 aromatic carbocycles. The largest absolute Gasteiger partial charge is 0.406 e. The molecule has 0 bridgehead atoms. The van der Waals surface area contributed by atoms with Crippen molar-refractivity contribution in [2.24, 2.45) is 0 Å². The average Bonchev–Trinajstić information content (AvgIpc) is 2.52. The normalized spacial score (nSPS) is 9.77. The van der Waals surface area contributed by atoms with Gasteiger partial charge < -0.3 is 14.6 Å². The number of amides is 1. The third kappa shape index (κ3) is 2.43. The first-order valence-corrected chi connectivity index (χ1v) is 3.85. The van der Waals surface area contributed by atoms with Gasteiger partial charge in [0.25, 0.3) is 0 Å². The molecule has 1 heterocycles. The van der Waals surface area contributed by atoms with Crippen LogP contribution in [0.2, 0.25) is 0 Å². The summed E-state index contributed by atoms with van der Waals surface area (Å²) in [5, 5.41) is 10.1. The summed E-state index contributed by atoms with van der Waals surface area (Å²) in [4.78, 5) is 12.3. The van der Waals surface area contributed by atoms with E-state index in [0.717, 1.165) is 0 Å². The van der Waals surface area contributed by atoms with Crippen LogP contribution in [0.4, 0.5) is 6.01 Å². The van der Waals surface area contributed by atoms with Crippen LogP contribution in [-0.2, 0) is 11.3 Å². The van der Waals surface area contributed by atoms with Gasteiger partial charge in [0.15, 0.2) is 0 Å². The predicted octanol–water partition coefficient (Wildman–Crippen LogP) is 0.0896. The molecule has 6 heteroatoms. The number of rotatable bonds is 3. The van der Waals surface area contributed by atoms with Gasteiger partial charge in [0.2, 0.25) is 11.8 Å². The highest BCUT2D eigenvalue weighted by molar-refractivity contribution is 5.72.